The number of hydrogen-bond acceptors (Lipinski definition) is 2. The predicted molar refractivity (Wildman–Crippen MR) is 77.8 cm³/mol. The molecule has 1 aliphatic heterocycles. The first-order chi connectivity index (χ1) is 9.16. The zero-order valence-electron chi connectivity index (χ0n) is 11.9. The summed E-state index contributed by atoms with van der Waals surface area (Å²) >= 11 is 0. The van der Waals surface area contributed by atoms with E-state index in [1.807, 2.05) is 0 Å². The van der Waals surface area contributed by atoms with Gasteiger partial charge >= 0.3 is 0 Å². The fourth-order valence-corrected chi connectivity index (χ4v) is 2.80. The molecule has 1 aliphatic rings. The molecule has 2 aromatic rings. The monoisotopic (exact) mass is 255 g/mol. The standard InChI is InChI=1S/C16H21N3/c1-11(2)13-4-6-14(7-5-13)19-12(3)18-15-10-17-9-8-16(15)19/h4-7,11,17H,8-10H2,1-3H3. The molecule has 100 valence electrons. The number of hydrogen-bond donors (Lipinski definition) is 1. The third-order valence-electron chi connectivity index (χ3n) is 3.87. The molecule has 0 saturated heterocycles. The van der Waals surface area contributed by atoms with Crippen molar-refractivity contribution in [2.24, 2.45) is 0 Å². The van der Waals surface area contributed by atoms with Crippen molar-refractivity contribution in [3.8, 4) is 5.69 Å². The highest BCUT2D eigenvalue weighted by molar-refractivity contribution is 5.40. The molecule has 0 amide bonds. The molecule has 0 unspecified atom stereocenters. The molecule has 0 bridgehead atoms. The third-order valence-corrected chi connectivity index (χ3v) is 3.87. The quantitative estimate of drug-likeness (QED) is 0.894. The Morgan fingerprint density at radius 3 is 2.63 bits per heavy atom. The summed E-state index contributed by atoms with van der Waals surface area (Å²) in [7, 11) is 0. The van der Waals surface area contributed by atoms with Crippen molar-refractivity contribution in [2.75, 3.05) is 6.54 Å². The summed E-state index contributed by atoms with van der Waals surface area (Å²) in [5.74, 6) is 1.67. The fraction of sp³-hybridized carbons (Fsp3) is 0.438. The Hall–Kier alpha value is -1.61. The van der Waals surface area contributed by atoms with Crippen molar-refractivity contribution in [1.82, 2.24) is 14.9 Å². The van der Waals surface area contributed by atoms with E-state index in [4.69, 9.17) is 0 Å². The number of nitrogens with zero attached hydrogens (tertiary/aromatic N) is 2. The summed E-state index contributed by atoms with van der Waals surface area (Å²) in [4.78, 5) is 4.69. The highest BCUT2D eigenvalue weighted by atomic mass is 15.1. The summed E-state index contributed by atoms with van der Waals surface area (Å²) in [6, 6.07) is 8.89. The Kier molecular flexibility index (Phi) is 3.15. The van der Waals surface area contributed by atoms with E-state index in [1.54, 1.807) is 0 Å². The minimum Gasteiger partial charge on any atom is -0.311 e. The van der Waals surface area contributed by atoms with Crippen molar-refractivity contribution in [1.29, 1.82) is 0 Å². The second-order valence-electron chi connectivity index (χ2n) is 5.56. The van der Waals surface area contributed by atoms with Crippen LogP contribution in [0.2, 0.25) is 0 Å². The van der Waals surface area contributed by atoms with Crippen molar-refractivity contribution < 1.29 is 0 Å². The molecule has 1 N–H and O–H groups in total. The van der Waals surface area contributed by atoms with E-state index >= 15 is 0 Å². The second kappa shape index (κ2) is 4.82. The smallest absolute Gasteiger partial charge is 0.110 e. The van der Waals surface area contributed by atoms with Crippen LogP contribution >= 0.6 is 0 Å². The zero-order valence-corrected chi connectivity index (χ0v) is 11.9. The van der Waals surface area contributed by atoms with Crippen LogP contribution in [0.3, 0.4) is 0 Å². The van der Waals surface area contributed by atoms with Gasteiger partial charge < -0.3 is 9.88 Å². The number of aryl methyl sites for hydroxylation is 1. The lowest BCUT2D eigenvalue weighted by molar-refractivity contribution is 0.620. The van der Waals surface area contributed by atoms with Gasteiger partial charge in [-0.1, -0.05) is 26.0 Å². The second-order valence-corrected chi connectivity index (χ2v) is 5.56. The summed E-state index contributed by atoms with van der Waals surface area (Å²) in [5.41, 5.74) is 5.19. The molecule has 1 aromatic heterocycles. The maximum absolute atomic E-state index is 4.69. The summed E-state index contributed by atoms with van der Waals surface area (Å²) in [6.07, 6.45) is 1.06. The molecule has 0 atom stereocenters. The molecule has 0 fully saturated rings. The molecule has 3 nitrogen and oxygen atoms in total. The van der Waals surface area contributed by atoms with Crippen LogP contribution in [0.5, 0.6) is 0 Å². The van der Waals surface area contributed by atoms with Gasteiger partial charge in [0.1, 0.15) is 5.82 Å². The summed E-state index contributed by atoms with van der Waals surface area (Å²) < 4.78 is 2.31. The van der Waals surface area contributed by atoms with E-state index < -0.39 is 0 Å². The Morgan fingerprint density at radius 2 is 1.95 bits per heavy atom. The molecular weight excluding hydrogens is 234 g/mol. The van der Waals surface area contributed by atoms with Crippen LogP contribution in [0, 0.1) is 6.92 Å². The normalized spacial score (nSPS) is 14.7. The highest BCUT2D eigenvalue weighted by Gasteiger charge is 2.18. The van der Waals surface area contributed by atoms with E-state index in [2.05, 4.69) is 59.9 Å². The van der Waals surface area contributed by atoms with Gasteiger partial charge in [-0.3, -0.25) is 0 Å². The summed E-state index contributed by atoms with van der Waals surface area (Å²) in [6.45, 7) is 8.49. The first-order valence-corrected chi connectivity index (χ1v) is 7.05. The molecule has 0 saturated carbocycles. The minimum atomic E-state index is 0.580. The molecule has 3 rings (SSSR count). The van der Waals surface area contributed by atoms with Crippen molar-refractivity contribution in [3.63, 3.8) is 0 Å². The molecule has 19 heavy (non-hydrogen) atoms. The Balaban J connectivity index is 2.04. The van der Waals surface area contributed by atoms with Crippen LogP contribution in [-0.4, -0.2) is 16.1 Å². The summed E-state index contributed by atoms with van der Waals surface area (Å²) in [5, 5.41) is 3.38. The van der Waals surface area contributed by atoms with Crippen LogP contribution in [-0.2, 0) is 13.0 Å². The van der Waals surface area contributed by atoms with Gasteiger partial charge in [-0.25, -0.2) is 4.98 Å². The molecule has 3 heteroatoms. The van der Waals surface area contributed by atoms with Gasteiger partial charge in [0.25, 0.3) is 0 Å². The molecular formula is C16H21N3. The molecule has 0 aliphatic carbocycles. The van der Waals surface area contributed by atoms with E-state index in [-0.39, 0.29) is 0 Å². The third kappa shape index (κ3) is 2.19. The van der Waals surface area contributed by atoms with Crippen LogP contribution in [0.25, 0.3) is 5.69 Å². The van der Waals surface area contributed by atoms with Gasteiger partial charge in [-0.15, -0.1) is 0 Å². The predicted octanol–water partition coefficient (Wildman–Crippen LogP) is 2.95. The molecule has 0 spiro atoms. The highest BCUT2D eigenvalue weighted by Crippen LogP contribution is 2.23. The van der Waals surface area contributed by atoms with Crippen molar-refractivity contribution in [3.05, 3.63) is 47.0 Å². The maximum Gasteiger partial charge on any atom is 0.110 e. The van der Waals surface area contributed by atoms with E-state index in [9.17, 15) is 0 Å². The van der Waals surface area contributed by atoms with Gasteiger partial charge in [-0.2, -0.15) is 0 Å². The molecule has 0 radical (unpaired) electrons. The Morgan fingerprint density at radius 1 is 1.21 bits per heavy atom. The topological polar surface area (TPSA) is 29.9 Å². The average Bonchev–Trinajstić information content (AvgIpc) is 2.74. The van der Waals surface area contributed by atoms with E-state index in [0.29, 0.717) is 5.92 Å². The van der Waals surface area contributed by atoms with Crippen LogP contribution in [0.15, 0.2) is 24.3 Å². The van der Waals surface area contributed by atoms with Crippen LogP contribution < -0.4 is 5.32 Å². The first-order valence-electron chi connectivity index (χ1n) is 7.05. The number of benzene rings is 1. The lowest BCUT2D eigenvalue weighted by Crippen LogP contribution is -2.24. The fourth-order valence-electron chi connectivity index (χ4n) is 2.80. The van der Waals surface area contributed by atoms with E-state index in [1.165, 1.54) is 22.6 Å². The van der Waals surface area contributed by atoms with Crippen molar-refractivity contribution in [2.45, 2.75) is 39.7 Å². The number of imidazole rings is 1. The van der Waals surface area contributed by atoms with Gasteiger partial charge in [0.05, 0.1) is 5.69 Å². The van der Waals surface area contributed by atoms with Gasteiger partial charge in [-0.05, 0) is 30.5 Å². The lowest BCUT2D eigenvalue weighted by atomic mass is 10.0. The van der Waals surface area contributed by atoms with Crippen LogP contribution in [0.1, 0.15) is 42.5 Å². The number of fused-ring (bicyclic) bond motifs is 1. The average molecular weight is 255 g/mol. The van der Waals surface area contributed by atoms with Crippen molar-refractivity contribution >= 4 is 0 Å². The molecule has 1 aromatic carbocycles. The lowest BCUT2D eigenvalue weighted by Gasteiger charge is -2.16. The van der Waals surface area contributed by atoms with E-state index in [0.717, 1.165) is 25.3 Å². The van der Waals surface area contributed by atoms with Gasteiger partial charge in [0, 0.05) is 30.9 Å². The minimum absolute atomic E-state index is 0.580. The number of nitrogens with one attached hydrogen (secondary N) is 1. The first kappa shape index (κ1) is 12.4. The van der Waals surface area contributed by atoms with Gasteiger partial charge in [0.2, 0.25) is 0 Å². The van der Waals surface area contributed by atoms with Gasteiger partial charge in [0.15, 0.2) is 0 Å². The largest absolute Gasteiger partial charge is 0.311 e. The molecule has 2 heterocycles. The number of rotatable bonds is 2. The SMILES string of the molecule is Cc1nc2c(n1-c1ccc(C(C)C)cc1)CCNC2. The van der Waals surface area contributed by atoms with Crippen LogP contribution in [0.4, 0.5) is 0 Å². The Labute approximate surface area is 114 Å². The maximum atomic E-state index is 4.69. The Bertz CT molecular complexity index is 579. The zero-order chi connectivity index (χ0) is 13.4. The number of aromatic nitrogens is 2.